The Morgan fingerprint density at radius 1 is 1.12 bits per heavy atom. The van der Waals surface area contributed by atoms with Crippen LogP contribution in [0.15, 0.2) is 24.3 Å². The number of nitrogens with zero attached hydrogens (tertiary/aromatic N) is 2. The monoisotopic (exact) mass is 361 g/mol. The highest BCUT2D eigenvalue weighted by Gasteiger charge is 2.22. The molecule has 1 heterocycles. The number of nitrogens with one attached hydrogen (secondary N) is 1. The average molecular weight is 361 g/mol. The van der Waals surface area contributed by atoms with Gasteiger partial charge in [-0.1, -0.05) is 24.3 Å². The van der Waals surface area contributed by atoms with Gasteiger partial charge in [-0.2, -0.15) is 0 Å². The molecule has 26 heavy (non-hydrogen) atoms. The molecule has 0 spiro atoms. The van der Waals surface area contributed by atoms with E-state index in [1.165, 1.54) is 11.1 Å². The maximum absolute atomic E-state index is 12.3. The fourth-order valence-electron chi connectivity index (χ4n) is 2.93. The normalized spacial score (nSPS) is 15.6. The Bertz CT molecular complexity index is 617. The number of carbonyl (C=O) groups excluding carboxylic acids is 2. The molecule has 0 aliphatic carbocycles. The molecule has 2 rings (SSSR count). The lowest BCUT2D eigenvalue weighted by Crippen LogP contribution is -2.48. The third-order valence-electron chi connectivity index (χ3n) is 4.39. The second-order valence-electron chi connectivity index (χ2n) is 7.76. The van der Waals surface area contributed by atoms with E-state index in [1.807, 2.05) is 25.7 Å². The van der Waals surface area contributed by atoms with Gasteiger partial charge in [0.25, 0.3) is 0 Å². The average Bonchev–Trinajstić information content (AvgIpc) is 2.56. The van der Waals surface area contributed by atoms with Crippen LogP contribution in [0.3, 0.4) is 0 Å². The molecule has 1 fully saturated rings. The molecule has 0 aromatic heterocycles. The molecule has 6 nitrogen and oxygen atoms in total. The van der Waals surface area contributed by atoms with E-state index in [-0.39, 0.29) is 5.91 Å². The van der Waals surface area contributed by atoms with Crippen molar-refractivity contribution in [2.45, 2.75) is 46.3 Å². The van der Waals surface area contributed by atoms with Crippen LogP contribution in [-0.2, 0) is 16.1 Å². The van der Waals surface area contributed by atoms with Crippen LogP contribution >= 0.6 is 0 Å². The number of hydrogen-bond acceptors (Lipinski definition) is 4. The number of carbonyl (C=O) groups is 2. The molecule has 1 saturated heterocycles. The van der Waals surface area contributed by atoms with Crippen molar-refractivity contribution in [3.05, 3.63) is 35.4 Å². The Morgan fingerprint density at radius 2 is 1.77 bits per heavy atom. The van der Waals surface area contributed by atoms with Crippen LogP contribution in [0.4, 0.5) is 4.79 Å². The van der Waals surface area contributed by atoms with Crippen LogP contribution in [0.2, 0.25) is 0 Å². The predicted molar refractivity (Wildman–Crippen MR) is 102 cm³/mol. The number of rotatable bonds is 5. The number of ether oxygens (including phenoxy) is 1. The van der Waals surface area contributed by atoms with E-state index in [2.05, 4.69) is 41.4 Å². The Kier molecular flexibility index (Phi) is 7.03. The van der Waals surface area contributed by atoms with Gasteiger partial charge in [0.1, 0.15) is 5.60 Å². The summed E-state index contributed by atoms with van der Waals surface area (Å²) in [5.74, 6) is 0.0802. The Balaban J connectivity index is 1.68. The minimum absolute atomic E-state index is 0.0802. The van der Waals surface area contributed by atoms with Crippen molar-refractivity contribution in [1.29, 1.82) is 0 Å². The minimum Gasteiger partial charge on any atom is -0.444 e. The van der Waals surface area contributed by atoms with Crippen LogP contribution in [0.5, 0.6) is 0 Å². The molecule has 0 unspecified atom stereocenters. The van der Waals surface area contributed by atoms with Crippen LogP contribution in [0.25, 0.3) is 0 Å². The third-order valence-corrected chi connectivity index (χ3v) is 4.39. The van der Waals surface area contributed by atoms with Gasteiger partial charge in [-0.15, -0.1) is 0 Å². The molecular weight excluding hydrogens is 330 g/mol. The number of amides is 2. The molecule has 144 valence electrons. The van der Waals surface area contributed by atoms with E-state index in [0.717, 1.165) is 32.7 Å². The highest BCUT2D eigenvalue weighted by Crippen LogP contribution is 2.13. The number of aryl methyl sites for hydroxylation is 1. The molecule has 0 radical (unpaired) electrons. The summed E-state index contributed by atoms with van der Waals surface area (Å²) in [5, 5.41) is 2.64. The lowest BCUT2D eigenvalue weighted by atomic mass is 10.1. The second kappa shape index (κ2) is 9.03. The summed E-state index contributed by atoms with van der Waals surface area (Å²) >= 11 is 0. The molecule has 0 atom stereocenters. The molecule has 1 aromatic rings. The number of benzene rings is 1. The first kappa shape index (κ1) is 20.2. The number of hydrogen-bond donors (Lipinski definition) is 1. The molecule has 1 aromatic carbocycles. The highest BCUT2D eigenvalue weighted by atomic mass is 16.6. The van der Waals surface area contributed by atoms with Crippen molar-refractivity contribution in [2.24, 2.45) is 0 Å². The molecular formula is C20H31N3O3. The largest absolute Gasteiger partial charge is 0.444 e. The van der Waals surface area contributed by atoms with E-state index in [0.29, 0.717) is 13.0 Å². The summed E-state index contributed by atoms with van der Waals surface area (Å²) < 4.78 is 5.16. The predicted octanol–water partition coefficient (Wildman–Crippen LogP) is 2.55. The van der Waals surface area contributed by atoms with Crippen LogP contribution < -0.4 is 5.32 Å². The fourth-order valence-corrected chi connectivity index (χ4v) is 2.93. The van der Waals surface area contributed by atoms with Crippen molar-refractivity contribution < 1.29 is 14.3 Å². The second-order valence-corrected chi connectivity index (χ2v) is 7.76. The van der Waals surface area contributed by atoms with Gasteiger partial charge < -0.3 is 15.0 Å². The smallest absolute Gasteiger partial charge is 0.407 e. The zero-order chi connectivity index (χ0) is 19.2. The van der Waals surface area contributed by atoms with Crippen molar-refractivity contribution in [3.8, 4) is 0 Å². The van der Waals surface area contributed by atoms with E-state index >= 15 is 0 Å². The van der Waals surface area contributed by atoms with E-state index < -0.39 is 11.7 Å². The summed E-state index contributed by atoms with van der Waals surface area (Å²) in [6, 6.07) is 8.42. The Morgan fingerprint density at radius 3 is 2.38 bits per heavy atom. The molecule has 2 amide bonds. The van der Waals surface area contributed by atoms with Crippen LogP contribution in [-0.4, -0.2) is 60.1 Å². The molecule has 0 bridgehead atoms. The SMILES string of the molecule is Cc1ccccc1CN1CCN(C(=O)CCNC(=O)OC(C)(C)C)CC1. The summed E-state index contributed by atoms with van der Waals surface area (Å²) in [6.07, 6.45) is -0.176. The van der Waals surface area contributed by atoms with Gasteiger partial charge in [0, 0.05) is 45.7 Å². The molecule has 1 aliphatic heterocycles. The maximum Gasteiger partial charge on any atom is 0.407 e. The molecule has 1 aliphatic rings. The summed E-state index contributed by atoms with van der Waals surface area (Å²) in [6.45, 7) is 12.0. The van der Waals surface area contributed by atoms with Gasteiger partial charge in [0.15, 0.2) is 0 Å². The third kappa shape index (κ3) is 6.67. The Hall–Kier alpha value is -2.08. The van der Waals surface area contributed by atoms with Gasteiger partial charge in [-0.25, -0.2) is 4.79 Å². The summed E-state index contributed by atoms with van der Waals surface area (Å²) in [7, 11) is 0. The van der Waals surface area contributed by atoms with Gasteiger partial charge in [-0.3, -0.25) is 9.69 Å². The van der Waals surface area contributed by atoms with E-state index in [4.69, 9.17) is 4.74 Å². The summed E-state index contributed by atoms with van der Waals surface area (Å²) in [4.78, 5) is 28.2. The van der Waals surface area contributed by atoms with E-state index in [1.54, 1.807) is 0 Å². The van der Waals surface area contributed by atoms with Crippen molar-refractivity contribution in [3.63, 3.8) is 0 Å². The van der Waals surface area contributed by atoms with Crippen molar-refractivity contribution in [2.75, 3.05) is 32.7 Å². The van der Waals surface area contributed by atoms with E-state index in [9.17, 15) is 9.59 Å². The first-order valence-electron chi connectivity index (χ1n) is 9.26. The minimum atomic E-state index is -0.526. The van der Waals surface area contributed by atoms with Gasteiger partial charge in [-0.05, 0) is 38.8 Å². The summed E-state index contributed by atoms with van der Waals surface area (Å²) in [5.41, 5.74) is 2.12. The standard InChI is InChI=1S/C20H31N3O3/c1-16-7-5-6-8-17(16)15-22-11-13-23(14-12-22)18(24)9-10-21-19(25)26-20(2,3)4/h5-8H,9-15H2,1-4H3,(H,21,25). The maximum atomic E-state index is 12.3. The topological polar surface area (TPSA) is 61.9 Å². The first-order valence-corrected chi connectivity index (χ1v) is 9.26. The number of piperazine rings is 1. The van der Waals surface area contributed by atoms with Crippen LogP contribution in [0.1, 0.15) is 38.3 Å². The zero-order valence-electron chi connectivity index (χ0n) is 16.4. The molecule has 6 heteroatoms. The molecule has 0 saturated carbocycles. The Labute approximate surface area is 156 Å². The quantitative estimate of drug-likeness (QED) is 0.876. The van der Waals surface area contributed by atoms with Gasteiger partial charge in [0.2, 0.25) is 5.91 Å². The molecule has 1 N–H and O–H groups in total. The lowest BCUT2D eigenvalue weighted by Gasteiger charge is -2.35. The zero-order valence-corrected chi connectivity index (χ0v) is 16.4. The highest BCUT2D eigenvalue weighted by molar-refractivity contribution is 5.77. The van der Waals surface area contributed by atoms with Crippen molar-refractivity contribution in [1.82, 2.24) is 15.1 Å². The van der Waals surface area contributed by atoms with Crippen LogP contribution in [0, 0.1) is 6.92 Å². The fraction of sp³-hybridized carbons (Fsp3) is 0.600. The number of alkyl carbamates (subject to hydrolysis) is 1. The van der Waals surface area contributed by atoms with Gasteiger partial charge in [0.05, 0.1) is 0 Å². The lowest BCUT2D eigenvalue weighted by molar-refractivity contribution is -0.132. The van der Waals surface area contributed by atoms with Crippen molar-refractivity contribution >= 4 is 12.0 Å². The van der Waals surface area contributed by atoms with Gasteiger partial charge >= 0.3 is 6.09 Å². The first-order chi connectivity index (χ1) is 12.2.